The Hall–Kier alpha value is -1.13. The fraction of sp³-hybridized carbons (Fsp3) is 0.250. The summed E-state index contributed by atoms with van der Waals surface area (Å²) in [5.74, 6) is 0.847. The van der Waals surface area contributed by atoms with E-state index in [1.807, 2.05) is 12.1 Å². The van der Waals surface area contributed by atoms with Crippen molar-refractivity contribution in [1.82, 2.24) is 10.3 Å². The number of fused-ring (bicyclic) bond motifs is 2. The number of methoxy groups -OCH3 is 1. The summed E-state index contributed by atoms with van der Waals surface area (Å²) >= 11 is 3.48. The third-order valence-electron chi connectivity index (χ3n) is 2.86. The van der Waals surface area contributed by atoms with Crippen LogP contribution >= 0.6 is 15.9 Å². The van der Waals surface area contributed by atoms with E-state index in [1.165, 1.54) is 5.56 Å². The number of pyridine rings is 1. The van der Waals surface area contributed by atoms with Crippen molar-refractivity contribution in [3.63, 3.8) is 0 Å². The zero-order valence-corrected chi connectivity index (χ0v) is 10.5. The molecule has 0 atom stereocenters. The van der Waals surface area contributed by atoms with Crippen LogP contribution in [0.4, 0.5) is 0 Å². The molecule has 0 amide bonds. The number of rotatable bonds is 1. The Bertz CT molecular complexity index is 558. The van der Waals surface area contributed by atoms with Crippen molar-refractivity contribution in [3.05, 3.63) is 33.9 Å². The average Bonchev–Trinajstić information content (AvgIpc) is 2.72. The summed E-state index contributed by atoms with van der Waals surface area (Å²) < 4.78 is 6.23. The number of ether oxygens (including phenoxy) is 1. The van der Waals surface area contributed by atoms with E-state index < -0.39 is 0 Å². The van der Waals surface area contributed by atoms with Crippen molar-refractivity contribution in [2.75, 3.05) is 7.11 Å². The number of nitrogens with one attached hydrogen (secondary N) is 1. The van der Waals surface area contributed by atoms with Crippen LogP contribution in [0.3, 0.4) is 0 Å². The van der Waals surface area contributed by atoms with Gasteiger partial charge in [0.2, 0.25) is 0 Å². The van der Waals surface area contributed by atoms with Gasteiger partial charge >= 0.3 is 0 Å². The molecule has 0 aliphatic carbocycles. The first-order valence-electron chi connectivity index (χ1n) is 5.14. The summed E-state index contributed by atoms with van der Waals surface area (Å²) in [7, 11) is 1.67. The van der Waals surface area contributed by atoms with E-state index in [0.717, 1.165) is 39.9 Å². The first-order valence-corrected chi connectivity index (χ1v) is 5.94. The van der Waals surface area contributed by atoms with Gasteiger partial charge in [0, 0.05) is 18.5 Å². The smallest absolute Gasteiger partial charge is 0.133 e. The maximum Gasteiger partial charge on any atom is 0.133 e. The lowest BCUT2D eigenvalue weighted by atomic mass is 10.1. The lowest BCUT2D eigenvalue weighted by Gasteiger charge is -2.06. The quantitative estimate of drug-likeness (QED) is 0.871. The van der Waals surface area contributed by atoms with E-state index in [4.69, 9.17) is 4.74 Å². The second-order valence-corrected chi connectivity index (χ2v) is 4.73. The molecule has 4 heteroatoms. The molecular formula is C12H11BrN2O. The molecule has 0 bridgehead atoms. The van der Waals surface area contributed by atoms with Crippen LogP contribution < -0.4 is 10.1 Å². The third-order valence-corrected chi connectivity index (χ3v) is 3.48. The topological polar surface area (TPSA) is 34.1 Å². The average molecular weight is 279 g/mol. The second kappa shape index (κ2) is 3.71. The normalized spacial score (nSPS) is 14.1. The number of hydrogen-bond acceptors (Lipinski definition) is 3. The highest BCUT2D eigenvalue weighted by Crippen LogP contribution is 2.31. The van der Waals surface area contributed by atoms with Gasteiger partial charge in [-0.05, 0) is 39.7 Å². The maximum absolute atomic E-state index is 5.28. The van der Waals surface area contributed by atoms with Crippen LogP contribution in [0.5, 0.6) is 5.75 Å². The molecule has 3 rings (SSSR count). The van der Waals surface area contributed by atoms with Crippen LogP contribution in [0.15, 0.2) is 22.7 Å². The Morgan fingerprint density at radius 3 is 3.00 bits per heavy atom. The molecule has 1 aromatic heterocycles. The predicted molar refractivity (Wildman–Crippen MR) is 66.5 cm³/mol. The highest BCUT2D eigenvalue weighted by atomic mass is 79.9. The molecule has 0 radical (unpaired) electrons. The van der Waals surface area contributed by atoms with Crippen LogP contribution in [0, 0.1) is 0 Å². The molecule has 0 fully saturated rings. The van der Waals surface area contributed by atoms with Crippen molar-refractivity contribution >= 4 is 26.8 Å². The van der Waals surface area contributed by atoms with E-state index >= 15 is 0 Å². The number of nitrogens with zero attached hydrogens (tertiary/aromatic N) is 1. The van der Waals surface area contributed by atoms with Crippen LogP contribution in [0.2, 0.25) is 0 Å². The number of aromatic nitrogens is 1. The number of benzene rings is 1. The lowest BCUT2D eigenvalue weighted by Crippen LogP contribution is -2.00. The van der Waals surface area contributed by atoms with Crippen LogP contribution in [-0.2, 0) is 13.1 Å². The monoisotopic (exact) mass is 278 g/mol. The first-order chi connectivity index (χ1) is 7.78. The van der Waals surface area contributed by atoms with E-state index in [0.29, 0.717) is 0 Å². The molecule has 1 aromatic carbocycles. The Morgan fingerprint density at radius 1 is 1.31 bits per heavy atom. The highest BCUT2D eigenvalue weighted by molar-refractivity contribution is 9.10. The molecule has 16 heavy (non-hydrogen) atoms. The van der Waals surface area contributed by atoms with Crippen molar-refractivity contribution < 1.29 is 4.74 Å². The molecule has 0 unspecified atom stereocenters. The van der Waals surface area contributed by atoms with E-state index in [-0.39, 0.29) is 0 Å². The minimum atomic E-state index is 0.847. The van der Waals surface area contributed by atoms with Gasteiger partial charge in [-0.3, -0.25) is 4.98 Å². The third kappa shape index (κ3) is 1.49. The zero-order chi connectivity index (χ0) is 11.1. The maximum atomic E-state index is 5.28. The first kappa shape index (κ1) is 10.1. The predicted octanol–water partition coefficient (Wildman–Crippen LogP) is 2.61. The van der Waals surface area contributed by atoms with E-state index in [2.05, 4.69) is 32.3 Å². The zero-order valence-electron chi connectivity index (χ0n) is 8.88. The lowest BCUT2D eigenvalue weighted by molar-refractivity contribution is 0.413. The molecule has 1 aliphatic rings. The SMILES string of the molecule is COc1cc2cc3c(nc2cc1Br)CNC3. The van der Waals surface area contributed by atoms with Crippen LogP contribution in [-0.4, -0.2) is 12.1 Å². The largest absolute Gasteiger partial charge is 0.496 e. The van der Waals surface area contributed by atoms with Crippen molar-refractivity contribution in [2.24, 2.45) is 0 Å². The fourth-order valence-electron chi connectivity index (χ4n) is 2.04. The van der Waals surface area contributed by atoms with Gasteiger partial charge in [-0.1, -0.05) is 0 Å². The summed E-state index contributed by atoms with van der Waals surface area (Å²) in [5, 5.41) is 4.43. The molecule has 2 heterocycles. The summed E-state index contributed by atoms with van der Waals surface area (Å²) in [6, 6.07) is 6.21. The molecule has 3 nitrogen and oxygen atoms in total. The van der Waals surface area contributed by atoms with Crippen LogP contribution in [0.1, 0.15) is 11.3 Å². The van der Waals surface area contributed by atoms with Gasteiger partial charge in [-0.15, -0.1) is 0 Å². The van der Waals surface area contributed by atoms with Crippen molar-refractivity contribution in [1.29, 1.82) is 0 Å². The fourth-order valence-corrected chi connectivity index (χ4v) is 2.53. The van der Waals surface area contributed by atoms with Crippen LogP contribution in [0.25, 0.3) is 10.9 Å². The minimum Gasteiger partial charge on any atom is -0.496 e. The molecule has 0 spiro atoms. The van der Waals surface area contributed by atoms with Gasteiger partial charge in [0.05, 0.1) is 22.8 Å². The van der Waals surface area contributed by atoms with Gasteiger partial charge in [-0.25, -0.2) is 0 Å². The minimum absolute atomic E-state index is 0.847. The molecule has 2 aromatic rings. The standard InChI is InChI=1S/C12H11BrN2O/c1-16-12-3-7-2-8-5-14-6-11(8)15-10(7)4-9(12)13/h2-4,14H,5-6H2,1H3. The van der Waals surface area contributed by atoms with Crippen molar-refractivity contribution in [3.8, 4) is 5.75 Å². The molecular weight excluding hydrogens is 268 g/mol. The van der Waals surface area contributed by atoms with Gasteiger partial charge < -0.3 is 10.1 Å². The molecule has 82 valence electrons. The Kier molecular flexibility index (Phi) is 2.33. The Morgan fingerprint density at radius 2 is 2.19 bits per heavy atom. The number of halogens is 1. The summed E-state index contributed by atoms with van der Waals surface area (Å²) in [4.78, 5) is 4.64. The molecule has 1 N–H and O–H groups in total. The van der Waals surface area contributed by atoms with Gasteiger partial charge in [0.1, 0.15) is 5.75 Å². The Balaban J connectivity index is 2.28. The number of hydrogen-bond donors (Lipinski definition) is 1. The van der Waals surface area contributed by atoms with Gasteiger partial charge in [-0.2, -0.15) is 0 Å². The summed E-state index contributed by atoms with van der Waals surface area (Å²) in [5.41, 5.74) is 3.46. The van der Waals surface area contributed by atoms with Gasteiger partial charge in [0.15, 0.2) is 0 Å². The second-order valence-electron chi connectivity index (χ2n) is 3.88. The van der Waals surface area contributed by atoms with Gasteiger partial charge in [0.25, 0.3) is 0 Å². The highest BCUT2D eigenvalue weighted by Gasteiger charge is 2.13. The summed E-state index contributed by atoms with van der Waals surface area (Å²) in [6.45, 7) is 1.78. The molecule has 0 saturated heterocycles. The van der Waals surface area contributed by atoms with Crippen molar-refractivity contribution in [2.45, 2.75) is 13.1 Å². The molecule has 1 aliphatic heterocycles. The summed E-state index contributed by atoms with van der Waals surface area (Å²) in [6.07, 6.45) is 0. The molecule has 0 saturated carbocycles. The van der Waals surface area contributed by atoms with E-state index in [1.54, 1.807) is 7.11 Å². The van der Waals surface area contributed by atoms with E-state index in [9.17, 15) is 0 Å². The Labute approximate surface area is 102 Å².